The molecule has 4 atom stereocenters. The highest BCUT2D eigenvalue weighted by Gasteiger charge is 2.43. The van der Waals surface area contributed by atoms with Crippen LogP contribution in [0.25, 0.3) is 0 Å². The molecule has 7 heteroatoms. The van der Waals surface area contributed by atoms with Gasteiger partial charge in [-0.2, -0.15) is 0 Å². The fourth-order valence-corrected chi connectivity index (χ4v) is 3.66. The molecule has 0 saturated carbocycles. The van der Waals surface area contributed by atoms with E-state index in [-0.39, 0.29) is 30.5 Å². The Morgan fingerprint density at radius 1 is 1.40 bits per heavy atom. The second-order valence-electron chi connectivity index (χ2n) is 6.87. The predicted molar refractivity (Wildman–Crippen MR) is 92.1 cm³/mol. The summed E-state index contributed by atoms with van der Waals surface area (Å²) >= 11 is 0. The lowest BCUT2D eigenvalue weighted by Crippen LogP contribution is -2.60. The largest absolute Gasteiger partial charge is 0.507 e. The van der Waals surface area contributed by atoms with Crippen LogP contribution in [0.3, 0.4) is 0 Å². The van der Waals surface area contributed by atoms with Crippen molar-refractivity contribution in [3.05, 3.63) is 11.8 Å². The zero-order chi connectivity index (χ0) is 18.4. The molecule has 0 aromatic carbocycles. The van der Waals surface area contributed by atoms with Crippen LogP contribution < -0.4 is 5.32 Å². The number of carbonyl (C=O) groups is 1. The molecule has 2 rings (SSSR count). The van der Waals surface area contributed by atoms with Crippen LogP contribution >= 0.6 is 0 Å². The van der Waals surface area contributed by atoms with E-state index in [1.165, 1.54) is 6.92 Å². The second kappa shape index (κ2) is 8.98. The summed E-state index contributed by atoms with van der Waals surface area (Å²) in [5.74, 6) is -0.0281. The number of hydrogen-bond acceptors (Lipinski definition) is 6. The first-order valence-corrected chi connectivity index (χ1v) is 9.14. The average Bonchev–Trinajstić information content (AvgIpc) is 2.58. The van der Waals surface area contributed by atoms with Crippen molar-refractivity contribution in [3.8, 4) is 0 Å². The van der Waals surface area contributed by atoms with Crippen molar-refractivity contribution in [1.82, 2.24) is 5.32 Å². The highest BCUT2D eigenvalue weighted by molar-refractivity contribution is 5.74. The first-order chi connectivity index (χ1) is 11.9. The Balaban J connectivity index is 2.00. The molecule has 1 saturated heterocycles. The van der Waals surface area contributed by atoms with Gasteiger partial charge >= 0.3 is 0 Å². The number of nitrogens with one attached hydrogen (secondary N) is 1. The zero-order valence-electron chi connectivity index (χ0n) is 15.4. The highest BCUT2D eigenvalue weighted by atomic mass is 16.7. The monoisotopic (exact) mass is 357 g/mol. The van der Waals surface area contributed by atoms with E-state index in [1.807, 2.05) is 13.8 Å². The van der Waals surface area contributed by atoms with E-state index in [0.717, 1.165) is 0 Å². The maximum atomic E-state index is 11.6. The SMILES string of the molecule is CCC(CC)(NC(C)=O)C1CC(O)C[C@@H](COC2OCCC=C2O)O1. The molecule has 7 nitrogen and oxygen atoms in total. The fraction of sp³-hybridized carbons (Fsp3) is 0.833. The summed E-state index contributed by atoms with van der Waals surface area (Å²) in [6.07, 6.45) is 2.80. The quantitative estimate of drug-likeness (QED) is 0.643. The topological polar surface area (TPSA) is 97.3 Å². The van der Waals surface area contributed by atoms with Gasteiger partial charge in [0.25, 0.3) is 0 Å². The number of ether oxygens (including phenoxy) is 3. The van der Waals surface area contributed by atoms with E-state index >= 15 is 0 Å². The summed E-state index contributed by atoms with van der Waals surface area (Å²) in [5.41, 5.74) is -0.505. The predicted octanol–water partition coefficient (Wildman–Crippen LogP) is 1.79. The van der Waals surface area contributed by atoms with Crippen molar-refractivity contribution in [2.75, 3.05) is 13.2 Å². The minimum Gasteiger partial charge on any atom is -0.507 e. The Morgan fingerprint density at radius 2 is 2.12 bits per heavy atom. The molecule has 25 heavy (non-hydrogen) atoms. The number of rotatable bonds is 7. The zero-order valence-corrected chi connectivity index (χ0v) is 15.4. The van der Waals surface area contributed by atoms with Gasteiger partial charge in [-0.15, -0.1) is 0 Å². The van der Waals surface area contributed by atoms with Crippen LogP contribution in [0, 0.1) is 0 Å². The van der Waals surface area contributed by atoms with Gasteiger partial charge in [-0.1, -0.05) is 13.8 Å². The van der Waals surface area contributed by atoms with Crippen molar-refractivity contribution >= 4 is 5.91 Å². The third kappa shape index (κ3) is 5.17. The van der Waals surface area contributed by atoms with Crippen molar-refractivity contribution in [2.45, 2.75) is 83.0 Å². The van der Waals surface area contributed by atoms with Gasteiger partial charge in [0.2, 0.25) is 12.2 Å². The first-order valence-electron chi connectivity index (χ1n) is 9.14. The summed E-state index contributed by atoms with van der Waals surface area (Å²) in [6.45, 7) is 6.22. The van der Waals surface area contributed by atoms with Gasteiger partial charge in [-0.25, -0.2) is 0 Å². The highest BCUT2D eigenvalue weighted by Crippen LogP contribution is 2.32. The Labute approximate surface area is 149 Å². The van der Waals surface area contributed by atoms with Gasteiger partial charge in [0.15, 0.2) is 0 Å². The fourth-order valence-electron chi connectivity index (χ4n) is 3.66. The van der Waals surface area contributed by atoms with Crippen LogP contribution in [-0.2, 0) is 19.0 Å². The standard InChI is InChI=1S/C18H31NO6/c1-4-18(5-2,19-12(3)20)16-10-13(21)9-14(25-16)11-24-17-15(22)7-6-8-23-17/h7,13-14,16-17,21-22H,4-6,8-11H2,1-3H3,(H,19,20)/t13?,14-,16?,17?/m0/s1. The maximum absolute atomic E-state index is 11.6. The molecule has 1 fully saturated rings. The van der Waals surface area contributed by atoms with E-state index in [1.54, 1.807) is 6.08 Å². The summed E-state index contributed by atoms with van der Waals surface area (Å²) in [7, 11) is 0. The Bertz CT molecular complexity index is 476. The number of amides is 1. The number of hydrogen-bond donors (Lipinski definition) is 3. The molecule has 144 valence electrons. The van der Waals surface area contributed by atoms with E-state index < -0.39 is 17.9 Å². The number of aliphatic hydroxyl groups excluding tert-OH is 2. The maximum Gasteiger partial charge on any atom is 0.217 e. The molecule has 3 unspecified atom stereocenters. The molecule has 2 aliphatic rings. The number of aliphatic hydroxyl groups is 2. The molecule has 0 spiro atoms. The van der Waals surface area contributed by atoms with E-state index in [4.69, 9.17) is 14.2 Å². The van der Waals surface area contributed by atoms with E-state index in [2.05, 4.69) is 5.32 Å². The minimum atomic E-state index is -0.771. The van der Waals surface area contributed by atoms with Gasteiger partial charge in [-0.3, -0.25) is 4.79 Å². The average molecular weight is 357 g/mol. The second-order valence-corrected chi connectivity index (χ2v) is 6.87. The Kier molecular flexibility index (Phi) is 7.25. The summed E-state index contributed by atoms with van der Waals surface area (Å²) in [6, 6.07) is 0. The molecule has 0 bridgehead atoms. The molecule has 3 N–H and O–H groups in total. The molecule has 1 amide bonds. The van der Waals surface area contributed by atoms with Crippen molar-refractivity contribution < 1.29 is 29.2 Å². The van der Waals surface area contributed by atoms with E-state index in [9.17, 15) is 15.0 Å². The minimum absolute atomic E-state index is 0.0777. The van der Waals surface area contributed by atoms with Crippen LogP contribution in [0.2, 0.25) is 0 Å². The molecule has 0 aromatic rings. The number of carbonyl (C=O) groups excluding carboxylic acids is 1. The Hall–Kier alpha value is -1.15. The van der Waals surface area contributed by atoms with Gasteiger partial charge in [0.1, 0.15) is 5.76 Å². The van der Waals surface area contributed by atoms with Gasteiger partial charge in [-0.05, 0) is 25.3 Å². The van der Waals surface area contributed by atoms with Gasteiger partial charge in [0, 0.05) is 19.8 Å². The van der Waals surface area contributed by atoms with Crippen LogP contribution in [0.1, 0.15) is 52.9 Å². The molecule has 0 radical (unpaired) electrons. The molecule has 2 aliphatic heterocycles. The molecule has 0 aromatic heterocycles. The summed E-state index contributed by atoms with van der Waals surface area (Å²) in [5, 5.41) is 23.1. The van der Waals surface area contributed by atoms with Crippen LogP contribution in [0.4, 0.5) is 0 Å². The van der Waals surface area contributed by atoms with Crippen molar-refractivity contribution in [1.29, 1.82) is 0 Å². The smallest absolute Gasteiger partial charge is 0.217 e. The van der Waals surface area contributed by atoms with Crippen molar-refractivity contribution in [2.24, 2.45) is 0 Å². The Morgan fingerprint density at radius 3 is 2.72 bits per heavy atom. The third-order valence-electron chi connectivity index (χ3n) is 5.10. The van der Waals surface area contributed by atoms with Gasteiger partial charge < -0.3 is 29.7 Å². The molecular formula is C18H31NO6. The summed E-state index contributed by atoms with van der Waals surface area (Å²) < 4.78 is 17.2. The van der Waals surface area contributed by atoms with Gasteiger partial charge in [0.05, 0.1) is 37.1 Å². The lowest BCUT2D eigenvalue weighted by atomic mass is 9.81. The lowest BCUT2D eigenvalue weighted by Gasteiger charge is -2.45. The lowest BCUT2D eigenvalue weighted by molar-refractivity contribution is -0.194. The molecular weight excluding hydrogens is 326 g/mol. The van der Waals surface area contributed by atoms with Crippen LogP contribution in [0.5, 0.6) is 0 Å². The summed E-state index contributed by atoms with van der Waals surface area (Å²) in [4.78, 5) is 11.6. The van der Waals surface area contributed by atoms with Crippen LogP contribution in [0.15, 0.2) is 11.8 Å². The molecule has 0 aliphatic carbocycles. The van der Waals surface area contributed by atoms with Crippen LogP contribution in [-0.4, -0.2) is 59.5 Å². The first kappa shape index (κ1) is 20.2. The normalized spacial score (nSPS) is 30.6. The van der Waals surface area contributed by atoms with E-state index in [0.29, 0.717) is 38.7 Å². The third-order valence-corrected chi connectivity index (χ3v) is 5.10. The molecule has 2 heterocycles. The van der Waals surface area contributed by atoms with Crippen molar-refractivity contribution in [3.63, 3.8) is 0 Å².